The lowest BCUT2D eigenvalue weighted by Crippen LogP contribution is -2.29. The third-order valence-corrected chi connectivity index (χ3v) is 11.2. The highest BCUT2D eigenvalue weighted by Crippen LogP contribution is 2.43. The molecule has 10 heteroatoms. The minimum absolute atomic E-state index is 0.0393. The second kappa shape index (κ2) is 45.9. The van der Waals surface area contributed by atoms with Crippen molar-refractivity contribution in [2.45, 2.75) is 225 Å². The highest BCUT2D eigenvalue weighted by Gasteiger charge is 2.26. The summed E-state index contributed by atoms with van der Waals surface area (Å²) in [6.07, 6.45) is 52.1. The Balaban J connectivity index is 4.16. The average Bonchev–Trinajstić information content (AvgIpc) is 3.23. The van der Waals surface area contributed by atoms with Crippen molar-refractivity contribution in [3.8, 4) is 0 Å². The van der Waals surface area contributed by atoms with Gasteiger partial charge in [-0.25, -0.2) is 4.57 Å². The maximum absolute atomic E-state index is 12.7. The van der Waals surface area contributed by atoms with Crippen molar-refractivity contribution >= 4 is 13.8 Å². The van der Waals surface area contributed by atoms with Gasteiger partial charge in [0.15, 0.2) is 0 Å². The molecule has 0 aromatic carbocycles. The molecule has 3 N–H and O–H groups in total. The molecule has 0 fully saturated rings. The summed E-state index contributed by atoms with van der Waals surface area (Å²) < 4.78 is 33.4. The average molecular weight is 855 g/mol. The van der Waals surface area contributed by atoms with Crippen LogP contribution in [0.1, 0.15) is 213 Å². The van der Waals surface area contributed by atoms with Gasteiger partial charge in [-0.1, -0.05) is 178 Å². The second-order valence-electron chi connectivity index (χ2n) is 16.1. The number of phosphoric acid groups is 1. The number of esters is 1. The number of aliphatic hydroxyl groups is 2. The molecular formula is C49H91O9P. The third kappa shape index (κ3) is 45.8. The smallest absolute Gasteiger partial charge is 0.457 e. The number of hydrogen-bond donors (Lipinski definition) is 3. The molecule has 0 rings (SSSR count). The van der Waals surface area contributed by atoms with Crippen molar-refractivity contribution in [1.82, 2.24) is 0 Å². The molecule has 0 saturated carbocycles. The Labute approximate surface area is 362 Å². The van der Waals surface area contributed by atoms with Crippen molar-refractivity contribution in [3.05, 3.63) is 48.6 Å². The predicted molar refractivity (Wildman–Crippen MR) is 247 cm³/mol. The molecule has 3 atom stereocenters. The molecule has 0 aliphatic heterocycles. The molecule has 0 heterocycles. The number of aliphatic hydroxyl groups excluding tert-OH is 2. The van der Waals surface area contributed by atoms with Crippen molar-refractivity contribution in [1.29, 1.82) is 0 Å². The van der Waals surface area contributed by atoms with Gasteiger partial charge in [0.25, 0.3) is 0 Å². The van der Waals surface area contributed by atoms with Gasteiger partial charge in [0.2, 0.25) is 0 Å². The Morgan fingerprint density at radius 1 is 0.525 bits per heavy atom. The van der Waals surface area contributed by atoms with Crippen molar-refractivity contribution in [3.63, 3.8) is 0 Å². The molecule has 0 bridgehead atoms. The van der Waals surface area contributed by atoms with Gasteiger partial charge in [0, 0.05) is 13.0 Å². The fourth-order valence-corrected chi connectivity index (χ4v) is 7.32. The first-order chi connectivity index (χ1) is 28.8. The SMILES string of the molecule is CCCCCCC/C=C\C/C=C\C/C=C\CCCCCCCCC(=O)OC(COCCCCCCCC/C=C\CCCCCCCCC)COP(=O)(O)OCC(O)CO. The van der Waals surface area contributed by atoms with Gasteiger partial charge in [-0.15, -0.1) is 0 Å². The van der Waals surface area contributed by atoms with E-state index < -0.39 is 39.2 Å². The third-order valence-electron chi connectivity index (χ3n) is 10.2. The minimum atomic E-state index is -4.53. The Morgan fingerprint density at radius 3 is 1.39 bits per heavy atom. The maximum Gasteiger partial charge on any atom is 0.472 e. The summed E-state index contributed by atoms with van der Waals surface area (Å²) in [5, 5.41) is 18.4. The molecule has 0 amide bonds. The molecule has 0 aliphatic rings. The zero-order valence-electron chi connectivity index (χ0n) is 38.0. The van der Waals surface area contributed by atoms with E-state index in [2.05, 4.69) is 62.5 Å². The van der Waals surface area contributed by atoms with Crippen LogP contribution in [0.2, 0.25) is 0 Å². The molecule has 0 radical (unpaired) electrons. The predicted octanol–water partition coefficient (Wildman–Crippen LogP) is 13.8. The quantitative estimate of drug-likeness (QED) is 0.0237. The Hall–Kier alpha value is -1.58. The first-order valence-corrected chi connectivity index (χ1v) is 25.6. The standard InChI is InChI=1S/C49H91O9P/c1-3-5-7-9-11-13-15-17-19-21-22-23-24-25-27-29-31-33-35-37-39-41-49(52)58-48(46-57-59(53,54)56-44-47(51)43-50)45-55-42-40-38-36-34-32-30-28-26-20-18-16-14-12-10-8-6-4-2/h15,17,20-22,24-26,47-48,50-51H,3-14,16,18-19,23,27-46H2,1-2H3,(H,53,54)/b17-15-,22-21-,25-24-,26-20-. The molecule has 59 heavy (non-hydrogen) atoms. The fraction of sp³-hybridized carbons (Fsp3) is 0.816. The zero-order valence-corrected chi connectivity index (χ0v) is 38.9. The summed E-state index contributed by atoms with van der Waals surface area (Å²) in [5.41, 5.74) is 0. The first-order valence-electron chi connectivity index (χ1n) is 24.1. The maximum atomic E-state index is 12.7. The van der Waals surface area contributed by atoms with Crippen LogP contribution in [0.4, 0.5) is 0 Å². The first kappa shape index (κ1) is 57.4. The Morgan fingerprint density at radius 2 is 0.915 bits per heavy atom. The van der Waals surface area contributed by atoms with Crippen LogP contribution in [-0.4, -0.2) is 66.3 Å². The number of hydrogen-bond acceptors (Lipinski definition) is 8. The molecule has 0 saturated heterocycles. The summed E-state index contributed by atoms with van der Waals surface area (Å²) in [5.74, 6) is -0.396. The molecule has 0 aliphatic carbocycles. The van der Waals surface area contributed by atoms with Crippen molar-refractivity contribution in [2.75, 3.05) is 33.0 Å². The van der Waals surface area contributed by atoms with Gasteiger partial charge >= 0.3 is 13.8 Å². The highest BCUT2D eigenvalue weighted by molar-refractivity contribution is 7.47. The van der Waals surface area contributed by atoms with E-state index in [9.17, 15) is 19.4 Å². The van der Waals surface area contributed by atoms with Crippen LogP contribution >= 0.6 is 7.82 Å². The van der Waals surface area contributed by atoms with E-state index in [1.165, 1.54) is 122 Å². The summed E-state index contributed by atoms with van der Waals surface area (Å²) >= 11 is 0. The van der Waals surface area contributed by atoms with E-state index in [-0.39, 0.29) is 19.6 Å². The van der Waals surface area contributed by atoms with Crippen LogP contribution in [-0.2, 0) is 27.9 Å². The van der Waals surface area contributed by atoms with E-state index in [0.29, 0.717) is 13.0 Å². The van der Waals surface area contributed by atoms with Crippen LogP contribution in [0.15, 0.2) is 48.6 Å². The second-order valence-corrected chi connectivity index (χ2v) is 17.6. The van der Waals surface area contributed by atoms with Crippen LogP contribution in [0.25, 0.3) is 0 Å². The topological polar surface area (TPSA) is 132 Å². The lowest BCUT2D eigenvalue weighted by Gasteiger charge is -2.20. The summed E-state index contributed by atoms with van der Waals surface area (Å²) in [6, 6.07) is 0. The van der Waals surface area contributed by atoms with Gasteiger partial charge < -0.3 is 24.6 Å². The van der Waals surface area contributed by atoms with Crippen LogP contribution < -0.4 is 0 Å². The molecule has 0 spiro atoms. The lowest BCUT2D eigenvalue weighted by atomic mass is 10.1. The van der Waals surface area contributed by atoms with E-state index in [0.717, 1.165) is 64.2 Å². The van der Waals surface area contributed by atoms with Crippen LogP contribution in [0.3, 0.4) is 0 Å². The summed E-state index contributed by atoms with van der Waals surface area (Å²) in [4.78, 5) is 22.6. The number of carbonyl (C=O) groups is 1. The number of allylic oxidation sites excluding steroid dienone is 8. The monoisotopic (exact) mass is 855 g/mol. The molecule has 9 nitrogen and oxygen atoms in total. The van der Waals surface area contributed by atoms with E-state index in [1.807, 2.05) is 0 Å². The normalized spacial score (nSPS) is 14.3. The number of carbonyl (C=O) groups excluding carboxylic acids is 1. The van der Waals surface area contributed by atoms with Gasteiger partial charge in [0.05, 0.1) is 26.4 Å². The number of unbranched alkanes of at least 4 members (excludes halogenated alkanes) is 24. The molecule has 0 aromatic heterocycles. The van der Waals surface area contributed by atoms with Gasteiger partial charge in [0.1, 0.15) is 12.2 Å². The van der Waals surface area contributed by atoms with Gasteiger partial charge in [-0.3, -0.25) is 13.8 Å². The van der Waals surface area contributed by atoms with Gasteiger partial charge in [-0.05, 0) is 77.0 Å². The van der Waals surface area contributed by atoms with E-state index >= 15 is 0 Å². The lowest BCUT2D eigenvalue weighted by molar-refractivity contribution is -0.154. The van der Waals surface area contributed by atoms with Crippen LogP contribution in [0.5, 0.6) is 0 Å². The van der Waals surface area contributed by atoms with Crippen molar-refractivity contribution < 1.29 is 43.0 Å². The van der Waals surface area contributed by atoms with E-state index in [4.69, 9.17) is 23.6 Å². The molecule has 0 aromatic rings. The molecule has 346 valence electrons. The zero-order chi connectivity index (χ0) is 43.2. The Bertz CT molecular complexity index is 1060. The minimum Gasteiger partial charge on any atom is -0.457 e. The van der Waals surface area contributed by atoms with Gasteiger partial charge in [-0.2, -0.15) is 0 Å². The van der Waals surface area contributed by atoms with E-state index in [1.54, 1.807) is 0 Å². The molecule has 3 unspecified atom stereocenters. The summed E-state index contributed by atoms with van der Waals surface area (Å²) in [6.45, 7) is 3.49. The fourth-order valence-electron chi connectivity index (χ4n) is 6.53. The van der Waals surface area contributed by atoms with Crippen molar-refractivity contribution in [2.24, 2.45) is 0 Å². The largest absolute Gasteiger partial charge is 0.472 e. The Kier molecular flexibility index (Phi) is 44.7. The number of ether oxygens (including phenoxy) is 2. The highest BCUT2D eigenvalue weighted by atomic mass is 31.2. The summed E-state index contributed by atoms with van der Waals surface area (Å²) in [7, 11) is -4.53. The molecular weight excluding hydrogens is 764 g/mol. The van der Waals surface area contributed by atoms with Crippen LogP contribution in [0, 0.1) is 0 Å². The number of phosphoric ester groups is 1. The number of rotatable bonds is 46.